The first-order chi connectivity index (χ1) is 11.4. The molecule has 128 valence electrons. The van der Waals surface area contributed by atoms with Gasteiger partial charge in [0.1, 0.15) is 4.33 Å². The highest BCUT2D eigenvalue weighted by atomic mass is 35.5. The Morgan fingerprint density at radius 3 is 2.83 bits per heavy atom. The average molecular weight is 387 g/mol. The summed E-state index contributed by atoms with van der Waals surface area (Å²) in [5.41, 5.74) is 0.476. The van der Waals surface area contributed by atoms with E-state index in [1.807, 2.05) is 6.07 Å². The molecule has 0 aliphatic heterocycles. The zero-order valence-corrected chi connectivity index (χ0v) is 15.3. The van der Waals surface area contributed by atoms with Gasteiger partial charge in [-0.15, -0.1) is 23.2 Å². The molecule has 1 heterocycles. The second-order valence-corrected chi connectivity index (χ2v) is 8.20. The van der Waals surface area contributed by atoms with Crippen molar-refractivity contribution < 1.29 is 9.53 Å². The van der Waals surface area contributed by atoms with Crippen molar-refractivity contribution in [2.45, 2.75) is 28.9 Å². The Balaban J connectivity index is 1.91. The molecule has 1 unspecified atom stereocenters. The van der Waals surface area contributed by atoms with Gasteiger partial charge in [-0.2, -0.15) is 0 Å². The number of fused-ring (bicyclic) bond motifs is 1. The summed E-state index contributed by atoms with van der Waals surface area (Å²) in [6.45, 7) is 0.225. The molecular weight excluding hydrogens is 371 g/mol. The minimum atomic E-state index is -0.666. The van der Waals surface area contributed by atoms with Crippen molar-refractivity contribution in [3.8, 4) is 0 Å². The lowest BCUT2D eigenvalue weighted by Crippen LogP contribution is -2.25. The molecule has 2 aromatic rings. The fourth-order valence-corrected chi connectivity index (χ4v) is 4.34. The maximum absolute atomic E-state index is 12.7. The number of alkyl halides is 2. The second-order valence-electron chi connectivity index (χ2n) is 5.67. The van der Waals surface area contributed by atoms with Crippen LogP contribution in [0.5, 0.6) is 0 Å². The summed E-state index contributed by atoms with van der Waals surface area (Å²) < 4.78 is 5.52. The predicted octanol–water partition coefficient (Wildman–Crippen LogP) is 3.25. The lowest BCUT2D eigenvalue weighted by atomic mass is 10.2. The topological polar surface area (TPSA) is 61.2 Å². The van der Waals surface area contributed by atoms with Crippen LogP contribution in [0, 0.1) is 5.92 Å². The summed E-state index contributed by atoms with van der Waals surface area (Å²) >= 11 is 13.6. The van der Waals surface area contributed by atoms with Gasteiger partial charge in [-0.1, -0.05) is 23.9 Å². The number of para-hydroxylation sites is 1. The highest BCUT2D eigenvalue weighted by Gasteiger charge is 2.51. The van der Waals surface area contributed by atoms with E-state index < -0.39 is 4.33 Å². The Morgan fingerprint density at radius 1 is 1.46 bits per heavy atom. The van der Waals surface area contributed by atoms with Crippen LogP contribution in [0.3, 0.4) is 0 Å². The van der Waals surface area contributed by atoms with Crippen LogP contribution in [0.1, 0.15) is 12.8 Å². The smallest absolute Gasteiger partial charge is 0.307 e. The van der Waals surface area contributed by atoms with Crippen LogP contribution in [-0.4, -0.2) is 32.7 Å². The van der Waals surface area contributed by atoms with Crippen molar-refractivity contribution in [3.63, 3.8) is 0 Å². The fraction of sp³-hybridized carbons (Fsp3) is 0.438. The van der Waals surface area contributed by atoms with E-state index in [-0.39, 0.29) is 30.4 Å². The van der Waals surface area contributed by atoms with E-state index in [1.165, 1.54) is 23.4 Å². The van der Waals surface area contributed by atoms with Gasteiger partial charge in [0.2, 0.25) is 0 Å². The number of carbonyl (C=O) groups is 1. The monoisotopic (exact) mass is 386 g/mol. The normalized spacial score (nSPS) is 18.5. The molecule has 0 spiro atoms. The number of methoxy groups -OCH3 is 1. The van der Waals surface area contributed by atoms with E-state index in [2.05, 4.69) is 9.72 Å². The first kappa shape index (κ1) is 17.6. The van der Waals surface area contributed by atoms with Gasteiger partial charge in [-0.05, 0) is 18.6 Å². The third kappa shape index (κ3) is 3.71. The van der Waals surface area contributed by atoms with Crippen molar-refractivity contribution in [1.29, 1.82) is 0 Å². The van der Waals surface area contributed by atoms with E-state index >= 15 is 0 Å². The zero-order valence-electron chi connectivity index (χ0n) is 13.0. The molecular formula is C16H16Cl2N2O3S. The molecule has 0 saturated heterocycles. The first-order valence-electron chi connectivity index (χ1n) is 7.49. The average Bonchev–Trinajstić information content (AvgIpc) is 3.19. The Kier molecular flexibility index (Phi) is 5.08. The maximum Gasteiger partial charge on any atom is 0.307 e. The number of halogens is 2. The molecule has 0 radical (unpaired) electrons. The number of ether oxygens (including phenoxy) is 1. The minimum Gasteiger partial charge on any atom is -0.469 e. The van der Waals surface area contributed by atoms with Crippen LogP contribution in [0.15, 0.2) is 34.2 Å². The number of hydrogen-bond donors (Lipinski definition) is 0. The van der Waals surface area contributed by atoms with Crippen molar-refractivity contribution in [2.75, 3.05) is 12.9 Å². The largest absolute Gasteiger partial charge is 0.469 e. The number of hydrogen-bond acceptors (Lipinski definition) is 5. The van der Waals surface area contributed by atoms with E-state index in [9.17, 15) is 9.59 Å². The van der Waals surface area contributed by atoms with Gasteiger partial charge in [0.15, 0.2) is 5.16 Å². The van der Waals surface area contributed by atoms with Crippen molar-refractivity contribution in [1.82, 2.24) is 9.55 Å². The lowest BCUT2D eigenvalue weighted by Gasteiger charge is -2.12. The number of rotatable bonds is 6. The highest BCUT2D eigenvalue weighted by molar-refractivity contribution is 7.99. The van der Waals surface area contributed by atoms with E-state index in [0.29, 0.717) is 21.8 Å². The molecule has 1 atom stereocenters. The molecule has 1 aromatic carbocycles. The van der Waals surface area contributed by atoms with Crippen LogP contribution in [0.2, 0.25) is 0 Å². The molecule has 0 amide bonds. The van der Waals surface area contributed by atoms with Crippen LogP contribution in [0.4, 0.5) is 0 Å². The van der Waals surface area contributed by atoms with E-state index in [1.54, 1.807) is 18.2 Å². The van der Waals surface area contributed by atoms with E-state index in [4.69, 9.17) is 23.2 Å². The quantitative estimate of drug-likeness (QED) is 0.330. The third-order valence-electron chi connectivity index (χ3n) is 3.96. The van der Waals surface area contributed by atoms with Crippen LogP contribution < -0.4 is 5.56 Å². The summed E-state index contributed by atoms with van der Waals surface area (Å²) in [6, 6.07) is 7.17. The van der Waals surface area contributed by atoms with Crippen molar-refractivity contribution in [3.05, 3.63) is 34.6 Å². The molecule has 8 heteroatoms. The van der Waals surface area contributed by atoms with Crippen LogP contribution in [-0.2, 0) is 16.1 Å². The number of thioether (sulfide) groups is 1. The SMILES string of the molecule is COC(=O)CCn1c(SCC2CC2(Cl)Cl)nc2ccccc2c1=O. The van der Waals surface area contributed by atoms with Crippen molar-refractivity contribution in [2.24, 2.45) is 5.92 Å². The minimum absolute atomic E-state index is 0.113. The zero-order chi connectivity index (χ0) is 17.3. The maximum atomic E-state index is 12.7. The summed E-state index contributed by atoms with van der Waals surface area (Å²) in [4.78, 5) is 28.8. The van der Waals surface area contributed by atoms with Crippen molar-refractivity contribution >= 4 is 51.8 Å². The summed E-state index contributed by atoms with van der Waals surface area (Å²) in [7, 11) is 1.33. The molecule has 1 aliphatic carbocycles. The predicted molar refractivity (Wildman–Crippen MR) is 95.9 cm³/mol. The second kappa shape index (κ2) is 6.94. The number of nitrogens with zero attached hydrogens (tertiary/aromatic N) is 2. The van der Waals surface area contributed by atoms with Crippen LogP contribution in [0.25, 0.3) is 10.9 Å². The number of carbonyl (C=O) groups excluding carboxylic acids is 1. The Labute approximate surface area is 153 Å². The molecule has 0 bridgehead atoms. The van der Waals surface area contributed by atoms with Gasteiger partial charge >= 0.3 is 5.97 Å². The van der Waals surface area contributed by atoms with Gasteiger partial charge < -0.3 is 4.74 Å². The standard InChI is InChI=1S/C16H16Cl2N2O3S/c1-23-13(21)6-7-20-14(22)11-4-2-3-5-12(11)19-15(20)24-9-10-8-16(10,17)18/h2-5,10H,6-9H2,1H3. The Hall–Kier alpha value is -1.24. The number of aromatic nitrogens is 2. The van der Waals surface area contributed by atoms with Crippen LogP contribution >= 0.6 is 35.0 Å². The molecule has 1 aromatic heterocycles. The molecule has 3 rings (SSSR count). The van der Waals surface area contributed by atoms with Gasteiger partial charge in [0, 0.05) is 18.2 Å². The molecule has 1 saturated carbocycles. The first-order valence-corrected chi connectivity index (χ1v) is 9.23. The number of benzene rings is 1. The molecule has 1 aliphatic rings. The fourth-order valence-electron chi connectivity index (χ4n) is 2.39. The molecule has 1 fully saturated rings. The Bertz CT molecular complexity index is 838. The Morgan fingerprint density at radius 2 is 2.17 bits per heavy atom. The molecule has 0 N–H and O–H groups in total. The van der Waals surface area contributed by atoms with Gasteiger partial charge in [0.05, 0.1) is 24.4 Å². The molecule has 5 nitrogen and oxygen atoms in total. The van der Waals surface area contributed by atoms with Gasteiger partial charge in [-0.25, -0.2) is 4.98 Å². The van der Waals surface area contributed by atoms with E-state index in [0.717, 1.165) is 6.42 Å². The summed E-state index contributed by atoms with van der Waals surface area (Å²) in [5.74, 6) is 0.493. The lowest BCUT2D eigenvalue weighted by molar-refractivity contribution is -0.140. The highest BCUT2D eigenvalue weighted by Crippen LogP contribution is 2.54. The molecule has 24 heavy (non-hydrogen) atoms. The van der Waals surface area contributed by atoms with Gasteiger partial charge in [0.25, 0.3) is 5.56 Å². The third-order valence-corrected chi connectivity index (χ3v) is 6.03. The summed E-state index contributed by atoms with van der Waals surface area (Å²) in [5, 5.41) is 1.10. The summed E-state index contributed by atoms with van der Waals surface area (Å²) in [6.07, 6.45) is 0.853. The van der Waals surface area contributed by atoms with Gasteiger partial charge in [-0.3, -0.25) is 14.2 Å². The number of esters is 1.